The largest absolute Gasteiger partial charge is 0.497 e. The van der Waals surface area contributed by atoms with Crippen LogP contribution in [0.4, 0.5) is 18.0 Å². The number of likely N-dealkylation sites (tertiary alicyclic amines) is 2. The van der Waals surface area contributed by atoms with Crippen molar-refractivity contribution in [2.75, 3.05) is 46.9 Å². The van der Waals surface area contributed by atoms with Gasteiger partial charge in [-0.3, -0.25) is 19.5 Å². The van der Waals surface area contributed by atoms with Gasteiger partial charge in [0.15, 0.2) is 0 Å². The molecule has 3 fully saturated rings. The lowest BCUT2D eigenvalue weighted by Gasteiger charge is -2.37. The second-order valence-corrected chi connectivity index (χ2v) is 12.9. The van der Waals surface area contributed by atoms with Crippen LogP contribution in [0.1, 0.15) is 58.3 Å². The molecule has 3 heterocycles. The first-order valence-corrected chi connectivity index (χ1v) is 16.5. The lowest BCUT2D eigenvalue weighted by Crippen LogP contribution is -2.46. The van der Waals surface area contributed by atoms with Crippen LogP contribution < -0.4 is 10.1 Å². The zero-order valence-corrected chi connectivity index (χ0v) is 27.7. The van der Waals surface area contributed by atoms with Gasteiger partial charge in [-0.25, -0.2) is 4.79 Å². The van der Waals surface area contributed by atoms with Crippen molar-refractivity contribution in [2.45, 2.75) is 63.1 Å². The highest BCUT2D eigenvalue weighted by Crippen LogP contribution is 2.35. The quantitative estimate of drug-likeness (QED) is 0.266. The SMILES string of the molecule is CNC1CCN(Cc2cccc(OC)c2)CC1.O=Cc1ccc(CN2CC3(CCN(Cc4ccc(C(F)(F)F)cc4)CC3)OC2=O)cc1. The Bertz CT molecular complexity index is 1480. The molecule has 3 aromatic rings. The molecule has 0 radical (unpaired) electrons. The molecule has 8 nitrogen and oxygen atoms in total. The normalized spacial score (nSPS) is 18.7. The lowest BCUT2D eigenvalue weighted by atomic mass is 9.91. The number of nitrogens with zero attached hydrogens (tertiary/aromatic N) is 3. The summed E-state index contributed by atoms with van der Waals surface area (Å²) in [6, 6.07) is 21.4. The van der Waals surface area contributed by atoms with E-state index < -0.39 is 17.3 Å². The van der Waals surface area contributed by atoms with E-state index in [-0.39, 0.29) is 6.09 Å². The van der Waals surface area contributed by atoms with E-state index in [4.69, 9.17) is 9.47 Å². The van der Waals surface area contributed by atoms with Gasteiger partial charge in [-0.1, -0.05) is 48.5 Å². The van der Waals surface area contributed by atoms with Crippen LogP contribution in [0.3, 0.4) is 0 Å². The van der Waals surface area contributed by atoms with Crippen LogP contribution in [0.5, 0.6) is 5.75 Å². The molecule has 0 aromatic heterocycles. The zero-order chi connectivity index (χ0) is 34.1. The van der Waals surface area contributed by atoms with Gasteiger partial charge in [0.1, 0.15) is 17.6 Å². The fourth-order valence-electron chi connectivity index (χ4n) is 6.58. The molecule has 0 atom stereocenters. The number of ether oxygens (including phenoxy) is 2. The molecule has 0 unspecified atom stereocenters. The third-order valence-electron chi connectivity index (χ3n) is 9.52. The molecule has 3 aliphatic rings. The Morgan fingerprint density at radius 1 is 0.875 bits per heavy atom. The molecule has 11 heteroatoms. The predicted molar refractivity (Wildman–Crippen MR) is 178 cm³/mol. The molecule has 3 aliphatic heterocycles. The molecule has 1 N–H and O–H groups in total. The van der Waals surface area contributed by atoms with Crippen molar-refractivity contribution in [1.29, 1.82) is 0 Å². The number of rotatable bonds is 9. The van der Waals surface area contributed by atoms with E-state index >= 15 is 0 Å². The number of halogens is 3. The number of carbonyl (C=O) groups excluding carboxylic acids is 2. The van der Waals surface area contributed by atoms with Crippen LogP contribution in [0.15, 0.2) is 72.8 Å². The smallest absolute Gasteiger partial charge is 0.416 e. The molecule has 0 saturated carbocycles. The topological polar surface area (TPSA) is 74.3 Å². The number of benzene rings is 3. The maximum absolute atomic E-state index is 12.7. The van der Waals surface area contributed by atoms with Gasteiger partial charge in [0.25, 0.3) is 0 Å². The zero-order valence-electron chi connectivity index (χ0n) is 27.7. The molecule has 0 aliphatic carbocycles. The van der Waals surface area contributed by atoms with Crippen LogP contribution in [0.25, 0.3) is 0 Å². The van der Waals surface area contributed by atoms with Crippen LogP contribution in [-0.2, 0) is 30.5 Å². The summed E-state index contributed by atoms with van der Waals surface area (Å²) < 4.78 is 49.1. The van der Waals surface area contributed by atoms with E-state index in [0.29, 0.717) is 57.2 Å². The summed E-state index contributed by atoms with van der Waals surface area (Å²) in [6.07, 6.45) is -0.0249. The first-order chi connectivity index (χ1) is 23.1. The third kappa shape index (κ3) is 9.58. The predicted octanol–water partition coefficient (Wildman–Crippen LogP) is 6.38. The van der Waals surface area contributed by atoms with Crippen LogP contribution in [0, 0.1) is 0 Å². The number of hydrogen-bond acceptors (Lipinski definition) is 7. The summed E-state index contributed by atoms with van der Waals surface area (Å²) in [5.41, 5.74) is 2.52. The average Bonchev–Trinajstić information content (AvgIpc) is 3.40. The van der Waals surface area contributed by atoms with Crippen LogP contribution in [-0.4, -0.2) is 85.6 Å². The Kier molecular flexibility index (Phi) is 11.8. The van der Waals surface area contributed by atoms with E-state index in [1.165, 1.54) is 43.6 Å². The Hall–Kier alpha value is -3.93. The number of alkyl halides is 3. The average molecular weight is 667 g/mol. The van der Waals surface area contributed by atoms with E-state index in [0.717, 1.165) is 41.8 Å². The maximum Gasteiger partial charge on any atom is 0.416 e. The van der Waals surface area contributed by atoms with Crippen molar-refractivity contribution in [3.8, 4) is 5.75 Å². The van der Waals surface area contributed by atoms with Crippen molar-refractivity contribution in [1.82, 2.24) is 20.0 Å². The van der Waals surface area contributed by atoms with Gasteiger partial charge in [-0.2, -0.15) is 13.2 Å². The molecular formula is C37H45F3N4O4. The van der Waals surface area contributed by atoms with Gasteiger partial charge in [0.05, 0.1) is 19.2 Å². The number of methoxy groups -OCH3 is 1. The summed E-state index contributed by atoms with van der Waals surface area (Å²) in [4.78, 5) is 29.5. The standard InChI is InChI=1S/C23H23F3N2O3.C14H22N2O/c24-23(25,26)20-7-5-17(6-8-20)13-27-11-9-22(10-12-27)16-28(21(30)31-22)14-18-1-3-19(15-29)4-2-18;1-15-13-6-8-16(9-7-13)11-12-4-3-5-14(10-12)17-2/h1-8,15H,9-14,16H2;3-5,10,13,15H,6-9,11H2,1-2H3. The van der Waals surface area contributed by atoms with Crippen molar-refractivity contribution in [2.24, 2.45) is 0 Å². The van der Waals surface area contributed by atoms with Crippen molar-refractivity contribution < 1.29 is 32.2 Å². The highest BCUT2D eigenvalue weighted by atomic mass is 19.4. The van der Waals surface area contributed by atoms with E-state index in [9.17, 15) is 22.8 Å². The highest BCUT2D eigenvalue weighted by Gasteiger charge is 2.46. The number of nitrogens with one attached hydrogen (secondary N) is 1. The highest BCUT2D eigenvalue weighted by molar-refractivity contribution is 5.74. The number of amides is 1. The molecule has 3 saturated heterocycles. The summed E-state index contributed by atoms with van der Waals surface area (Å²) in [6.45, 7) is 6.31. The number of hydrogen-bond donors (Lipinski definition) is 1. The minimum Gasteiger partial charge on any atom is -0.497 e. The summed E-state index contributed by atoms with van der Waals surface area (Å²) in [7, 11) is 3.78. The molecule has 48 heavy (non-hydrogen) atoms. The Labute approximate surface area is 280 Å². The molecule has 258 valence electrons. The fraction of sp³-hybridized carbons (Fsp3) is 0.459. The van der Waals surface area contributed by atoms with Gasteiger partial charge in [0, 0.05) is 57.2 Å². The fourth-order valence-corrected chi connectivity index (χ4v) is 6.58. The van der Waals surface area contributed by atoms with Gasteiger partial charge in [-0.05, 0) is 73.9 Å². The van der Waals surface area contributed by atoms with Crippen LogP contribution in [0.2, 0.25) is 0 Å². The summed E-state index contributed by atoms with van der Waals surface area (Å²) in [5.74, 6) is 0.951. The Balaban J connectivity index is 0.000000224. The van der Waals surface area contributed by atoms with Gasteiger partial charge >= 0.3 is 12.3 Å². The minimum atomic E-state index is -4.33. The van der Waals surface area contributed by atoms with Gasteiger partial charge in [0.2, 0.25) is 0 Å². The lowest BCUT2D eigenvalue weighted by molar-refractivity contribution is -0.137. The van der Waals surface area contributed by atoms with E-state index in [2.05, 4.69) is 40.4 Å². The molecule has 1 spiro atoms. The Morgan fingerprint density at radius 2 is 1.48 bits per heavy atom. The molecule has 1 amide bonds. The number of piperidine rings is 2. The summed E-state index contributed by atoms with van der Waals surface area (Å²) >= 11 is 0. The third-order valence-corrected chi connectivity index (χ3v) is 9.52. The first kappa shape index (κ1) is 35.4. The summed E-state index contributed by atoms with van der Waals surface area (Å²) in [5, 5.41) is 3.36. The van der Waals surface area contributed by atoms with Gasteiger partial charge in [-0.15, -0.1) is 0 Å². The molecule has 6 rings (SSSR count). The number of carbonyl (C=O) groups is 2. The molecule has 3 aromatic carbocycles. The van der Waals surface area contributed by atoms with Crippen molar-refractivity contribution in [3.63, 3.8) is 0 Å². The van der Waals surface area contributed by atoms with E-state index in [1.54, 1.807) is 24.1 Å². The second kappa shape index (κ2) is 16.0. The minimum absolute atomic E-state index is 0.337. The Morgan fingerprint density at radius 3 is 2.08 bits per heavy atom. The second-order valence-electron chi connectivity index (χ2n) is 12.9. The monoisotopic (exact) mass is 666 g/mol. The molecule has 0 bridgehead atoms. The first-order valence-electron chi connectivity index (χ1n) is 16.5. The maximum atomic E-state index is 12.7. The van der Waals surface area contributed by atoms with Crippen molar-refractivity contribution >= 4 is 12.4 Å². The van der Waals surface area contributed by atoms with Gasteiger partial charge < -0.3 is 14.8 Å². The van der Waals surface area contributed by atoms with Crippen LogP contribution >= 0.6 is 0 Å². The number of aldehydes is 1. The van der Waals surface area contributed by atoms with Crippen molar-refractivity contribution in [3.05, 3.63) is 101 Å². The van der Waals surface area contributed by atoms with E-state index in [1.807, 2.05) is 18.2 Å². The molecular weight excluding hydrogens is 621 g/mol.